The van der Waals surface area contributed by atoms with Crippen molar-refractivity contribution in [1.82, 2.24) is 0 Å². The Balaban J connectivity index is 2.16. The van der Waals surface area contributed by atoms with Gasteiger partial charge in [-0.1, -0.05) is 17.7 Å². The number of hydrogen-bond acceptors (Lipinski definition) is 3. The van der Waals surface area contributed by atoms with Crippen molar-refractivity contribution >= 4 is 23.0 Å². The van der Waals surface area contributed by atoms with E-state index in [9.17, 15) is 4.39 Å². The van der Waals surface area contributed by atoms with Gasteiger partial charge in [0, 0.05) is 25.7 Å². The molecule has 3 nitrogen and oxygen atoms in total. The lowest BCUT2D eigenvalue weighted by Crippen LogP contribution is -2.12. The highest BCUT2D eigenvalue weighted by Gasteiger charge is 2.07. The summed E-state index contributed by atoms with van der Waals surface area (Å²) in [5, 5.41) is 3.94. The summed E-state index contributed by atoms with van der Waals surface area (Å²) < 4.78 is 18.6. The van der Waals surface area contributed by atoms with Crippen LogP contribution in [0.5, 0.6) is 5.75 Å². The van der Waals surface area contributed by atoms with Gasteiger partial charge in [0.15, 0.2) is 11.6 Å². The molecular weight excluding hydrogens is 291 g/mol. The molecule has 2 aromatic rings. The minimum Gasteiger partial charge on any atom is -0.494 e. The van der Waals surface area contributed by atoms with Crippen LogP contribution in [0.2, 0.25) is 5.02 Å². The molecule has 0 aliphatic heterocycles. The first-order valence-electron chi connectivity index (χ1n) is 6.54. The summed E-state index contributed by atoms with van der Waals surface area (Å²) in [5.74, 6) is -0.119. The van der Waals surface area contributed by atoms with Gasteiger partial charge in [0.1, 0.15) is 0 Å². The fraction of sp³-hybridized carbons (Fsp3) is 0.250. The van der Waals surface area contributed by atoms with Crippen LogP contribution in [0.25, 0.3) is 0 Å². The number of hydrogen-bond donors (Lipinski definition) is 1. The molecule has 0 saturated heterocycles. The minimum atomic E-state index is -0.365. The molecular formula is C16H18ClFN2O. The van der Waals surface area contributed by atoms with Crippen molar-refractivity contribution in [3.05, 3.63) is 52.8 Å². The number of rotatable bonds is 5. The summed E-state index contributed by atoms with van der Waals surface area (Å²) >= 11 is 6.03. The lowest BCUT2D eigenvalue weighted by atomic mass is 10.2. The predicted octanol–water partition coefficient (Wildman–Crippen LogP) is 4.17. The summed E-state index contributed by atoms with van der Waals surface area (Å²) in [6.45, 7) is 0.502. The normalized spacial score (nSPS) is 10.3. The molecule has 0 radical (unpaired) electrons. The number of methoxy groups -OCH3 is 1. The zero-order chi connectivity index (χ0) is 15.4. The van der Waals surface area contributed by atoms with E-state index in [0.29, 0.717) is 11.6 Å². The summed E-state index contributed by atoms with van der Waals surface area (Å²) in [6.07, 6.45) is 0. The van der Waals surface area contributed by atoms with Crippen molar-refractivity contribution in [2.24, 2.45) is 0 Å². The third-order valence-corrected chi connectivity index (χ3v) is 3.37. The lowest BCUT2D eigenvalue weighted by molar-refractivity contribution is 0.386. The van der Waals surface area contributed by atoms with Gasteiger partial charge in [-0.15, -0.1) is 0 Å². The van der Waals surface area contributed by atoms with Gasteiger partial charge in [0.05, 0.1) is 18.5 Å². The maximum Gasteiger partial charge on any atom is 0.165 e. The zero-order valence-electron chi connectivity index (χ0n) is 12.3. The molecule has 0 fully saturated rings. The van der Waals surface area contributed by atoms with Crippen LogP contribution >= 0.6 is 11.6 Å². The Morgan fingerprint density at radius 2 is 1.95 bits per heavy atom. The Bertz CT molecular complexity index is 632. The van der Waals surface area contributed by atoms with Crippen LogP contribution in [-0.2, 0) is 6.54 Å². The molecule has 0 bridgehead atoms. The van der Waals surface area contributed by atoms with Gasteiger partial charge in [-0.05, 0) is 35.9 Å². The molecule has 112 valence electrons. The van der Waals surface area contributed by atoms with Crippen LogP contribution in [0.4, 0.5) is 15.8 Å². The van der Waals surface area contributed by atoms with Gasteiger partial charge >= 0.3 is 0 Å². The maximum absolute atomic E-state index is 13.7. The Hall–Kier alpha value is -1.94. The van der Waals surface area contributed by atoms with Crippen molar-refractivity contribution in [2.45, 2.75) is 6.54 Å². The van der Waals surface area contributed by atoms with Crippen LogP contribution in [-0.4, -0.2) is 21.2 Å². The van der Waals surface area contributed by atoms with Gasteiger partial charge in [-0.3, -0.25) is 0 Å². The minimum absolute atomic E-state index is 0.246. The van der Waals surface area contributed by atoms with E-state index in [2.05, 4.69) is 5.32 Å². The van der Waals surface area contributed by atoms with Crippen LogP contribution < -0.4 is 15.0 Å². The second-order valence-corrected chi connectivity index (χ2v) is 5.31. The molecule has 0 amide bonds. The van der Waals surface area contributed by atoms with E-state index in [-0.39, 0.29) is 11.6 Å². The standard InChI is InChI=1S/C16H18ClFN2O/c1-20(2)15-6-5-12(17)9-14(15)19-10-11-4-7-16(21-3)13(18)8-11/h4-9,19H,10H2,1-3H3. The average molecular weight is 309 g/mol. The molecule has 0 aromatic heterocycles. The largest absolute Gasteiger partial charge is 0.494 e. The molecule has 0 spiro atoms. The maximum atomic E-state index is 13.7. The predicted molar refractivity (Wildman–Crippen MR) is 86.1 cm³/mol. The molecule has 0 aliphatic carbocycles. The molecule has 0 heterocycles. The van der Waals surface area contributed by atoms with E-state index in [4.69, 9.17) is 16.3 Å². The van der Waals surface area contributed by atoms with Crippen molar-refractivity contribution in [2.75, 3.05) is 31.4 Å². The first-order valence-corrected chi connectivity index (χ1v) is 6.92. The SMILES string of the molecule is COc1ccc(CNc2cc(Cl)ccc2N(C)C)cc1F. The second-order valence-electron chi connectivity index (χ2n) is 4.88. The van der Waals surface area contributed by atoms with E-state index in [0.717, 1.165) is 16.9 Å². The topological polar surface area (TPSA) is 24.5 Å². The number of halogens is 2. The number of ether oxygens (including phenoxy) is 1. The van der Waals surface area contributed by atoms with Crippen LogP contribution in [0, 0.1) is 5.82 Å². The molecule has 0 atom stereocenters. The van der Waals surface area contributed by atoms with Gasteiger partial charge in [0.2, 0.25) is 0 Å². The summed E-state index contributed by atoms with van der Waals surface area (Å²) in [5.41, 5.74) is 2.76. The highest BCUT2D eigenvalue weighted by Crippen LogP contribution is 2.28. The Morgan fingerprint density at radius 1 is 1.19 bits per heavy atom. The van der Waals surface area contributed by atoms with E-state index >= 15 is 0 Å². The molecule has 1 N–H and O–H groups in total. The Kier molecular flexibility index (Phi) is 4.91. The zero-order valence-corrected chi connectivity index (χ0v) is 13.0. The van der Waals surface area contributed by atoms with Crippen LogP contribution in [0.15, 0.2) is 36.4 Å². The second kappa shape index (κ2) is 6.68. The van der Waals surface area contributed by atoms with Crippen LogP contribution in [0.3, 0.4) is 0 Å². The number of anilines is 2. The van der Waals surface area contributed by atoms with E-state index in [1.807, 2.05) is 43.3 Å². The average Bonchev–Trinajstić information content (AvgIpc) is 2.45. The lowest BCUT2D eigenvalue weighted by Gasteiger charge is -2.19. The quantitative estimate of drug-likeness (QED) is 0.897. The fourth-order valence-electron chi connectivity index (χ4n) is 2.06. The smallest absolute Gasteiger partial charge is 0.165 e. The van der Waals surface area contributed by atoms with E-state index < -0.39 is 0 Å². The van der Waals surface area contributed by atoms with Crippen LogP contribution in [0.1, 0.15) is 5.56 Å². The molecule has 0 aliphatic rings. The van der Waals surface area contributed by atoms with Crippen molar-refractivity contribution in [1.29, 1.82) is 0 Å². The monoisotopic (exact) mass is 308 g/mol. The molecule has 5 heteroatoms. The number of nitrogens with one attached hydrogen (secondary N) is 1. The Morgan fingerprint density at radius 3 is 2.57 bits per heavy atom. The third-order valence-electron chi connectivity index (χ3n) is 3.14. The van der Waals surface area contributed by atoms with E-state index in [1.54, 1.807) is 6.07 Å². The first kappa shape index (κ1) is 15.4. The summed E-state index contributed by atoms with van der Waals surface area (Å²) in [7, 11) is 5.37. The van der Waals surface area contributed by atoms with Gasteiger partial charge in [-0.25, -0.2) is 4.39 Å². The van der Waals surface area contributed by atoms with Crippen molar-refractivity contribution < 1.29 is 9.13 Å². The Labute approximate surface area is 129 Å². The summed E-state index contributed by atoms with van der Waals surface area (Å²) in [4.78, 5) is 1.99. The molecule has 2 rings (SSSR count). The van der Waals surface area contributed by atoms with Gasteiger partial charge < -0.3 is 15.0 Å². The highest BCUT2D eigenvalue weighted by molar-refractivity contribution is 6.31. The highest BCUT2D eigenvalue weighted by atomic mass is 35.5. The van der Waals surface area contributed by atoms with Gasteiger partial charge in [-0.2, -0.15) is 0 Å². The van der Waals surface area contributed by atoms with E-state index in [1.165, 1.54) is 13.2 Å². The van der Waals surface area contributed by atoms with Gasteiger partial charge in [0.25, 0.3) is 0 Å². The summed E-state index contributed by atoms with van der Waals surface area (Å²) in [6, 6.07) is 10.6. The van der Waals surface area contributed by atoms with Crippen molar-refractivity contribution in [3.63, 3.8) is 0 Å². The molecule has 21 heavy (non-hydrogen) atoms. The number of benzene rings is 2. The molecule has 2 aromatic carbocycles. The fourth-order valence-corrected chi connectivity index (χ4v) is 2.23. The molecule has 0 unspecified atom stereocenters. The third kappa shape index (κ3) is 3.79. The first-order chi connectivity index (χ1) is 10.0. The van der Waals surface area contributed by atoms with Crippen molar-refractivity contribution in [3.8, 4) is 5.75 Å². The number of nitrogens with zero attached hydrogens (tertiary/aromatic N) is 1. The molecule has 0 saturated carbocycles.